The minimum Gasteiger partial charge on any atom is -0.390 e. The van der Waals surface area contributed by atoms with Gasteiger partial charge in [0, 0.05) is 34.9 Å². The normalized spacial score (nSPS) is 21.0. The van der Waals surface area contributed by atoms with E-state index in [2.05, 4.69) is 22.2 Å². The fourth-order valence-electron chi connectivity index (χ4n) is 3.85. The quantitative estimate of drug-likeness (QED) is 0.434. The molecule has 1 aliphatic heterocycles. The van der Waals surface area contributed by atoms with Gasteiger partial charge in [-0.2, -0.15) is 0 Å². The number of piperazine rings is 1. The van der Waals surface area contributed by atoms with Gasteiger partial charge in [0.15, 0.2) is 0 Å². The standard InChI is InChI=1S/C24H33N3O4/c1-7-23(3,4)20-16(12-18-22(30)25-13(2)21(29)27-18)15-10-14(8-9-17(15)26-20)11-19(28)24(5,6)31/h7-10,13,18-19,26,28,31H,1,11-12H2,2-6H3,(H,25,30)(H,27,29)/t13?,18?,19-/m0/s1. The highest BCUT2D eigenvalue weighted by Gasteiger charge is 2.34. The van der Waals surface area contributed by atoms with Gasteiger partial charge in [0.05, 0.1) is 11.7 Å². The molecule has 0 saturated carbocycles. The average Bonchev–Trinajstić information content (AvgIpc) is 3.04. The first-order chi connectivity index (χ1) is 14.3. The topological polar surface area (TPSA) is 114 Å². The fraction of sp³-hybridized carbons (Fsp3) is 0.500. The van der Waals surface area contributed by atoms with E-state index in [9.17, 15) is 19.8 Å². The van der Waals surface area contributed by atoms with Crippen LogP contribution >= 0.6 is 0 Å². The van der Waals surface area contributed by atoms with Gasteiger partial charge in [-0.15, -0.1) is 6.58 Å². The summed E-state index contributed by atoms with van der Waals surface area (Å²) in [5, 5.41) is 26.9. The number of aliphatic hydroxyl groups excluding tert-OH is 1. The third kappa shape index (κ3) is 4.67. The fourth-order valence-corrected chi connectivity index (χ4v) is 3.85. The number of carbonyl (C=O) groups is 2. The molecule has 1 aromatic carbocycles. The predicted molar refractivity (Wildman–Crippen MR) is 121 cm³/mol. The lowest BCUT2D eigenvalue weighted by molar-refractivity contribution is -0.136. The molecule has 5 N–H and O–H groups in total. The Kier molecular flexibility index (Phi) is 6.04. The number of allylic oxidation sites excluding steroid dienone is 1. The smallest absolute Gasteiger partial charge is 0.243 e. The number of rotatable bonds is 7. The van der Waals surface area contributed by atoms with Gasteiger partial charge in [-0.1, -0.05) is 26.0 Å². The molecule has 0 bridgehead atoms. The number of benzene rings is 1. The summed E-state index contributed by atoms with van der Waals surface area (Å²) < 4.78 is 0. The largest absolute Gasteiger partial charge is 0.390 e. The van der Waals surface area contributed by atoms with Crippen LogP contribution in [0.3, 0.4) is 0 Å². The Morgan fingerprint density at radius 1 is 1.16 bits per heavy atom. The number of amides is 2. The van der Waals surface area contributed by atoms with E-state index < -0.39 is 23.8 Å². The van der Waals surface area contributed by atoms with Crippen LogP contribution in [0, 0.1) is 0 Å². The summed E-state index contributed by atoms with van der Waals surface area (Å²) in [4.78, 5) is 28.2. The molecule has 1 fully saturated rings. The molecule has 2 unspecified atom stereocenters. The number of hydrogen-bond acceptors (Lipinski definition) is 4. The van der Waals surface area contributed by atoms with Crippen LogP contribution in [0.4, 0.5) is 0 Å². The summed E-state index contributed by atoms with van der Waals surface area (Å²) in [6, 6.07) is 4.61. The van der Waals surface area contributed by atoms with Crippen LogP contribution in [0.2, 0.25) is 0 Å². The zero-order valence-electron chi connectivity index (χ0n) is 18.9. The molecular formula is C24H33N3O4. The lowest BCUT2D eigenvalue weighted by Crippen LogP contribution is -2.61. The van der Waals surface area contributed by atoms with E-state index >= 15 is 0 Å². The number of fused-ring (bicyclic) bond motifs is 1. The van der Waals surface area contributed by atoms with E-state index in [-0.39, 0.29) is 17.2 Å². The molecule has 2 aromatic rings. The van der Waals surface area contributed by atoms with Crippen molar-refractivity contribution in [1.29, 1.82) is 0 Å². The minimum absolute atomic E-state index is 0.206. The van der Waals surface area contributed by atoms with Crippen molar-refractivity contribution in [2.45, 2.75) is 76.7 Å². The second kappa shape index (κ2) is 8.13. The summed E-state index contributed by atoms with van der Waals surface area (Å²) in [6.45, 7) is 12.8. The van der Waals surface area contributed by atoms with E-state index in [4.69, 9.17) is 0 Å². The minimum atomic E-state index is -1.22. The maximum Gasteiger partial charge on any atom is 0.243 e. The average molecular weight is 428 g/mol. The molecule has 2 heterocycles. The van der Waals surface area contributed by atoms with Gasteiger partial charge in [0.1, 0.15) is 12.1 Å². The predicted octanol–water partition coefficient (Wildman–Crippen LogP) is 1.85. The Morgan fingerprint density at radius 2 is 1.84 bits per heavy atom. The Balaban J connectivity index is 2.06. The molecule has 31 heavy (non-hydrogen) atoms. The summed E-state index contributed by atoms with van der Waals surface area (Å²) in [5.41, 5.74) is 2.03. The summed E-state index contributed by atoms with van der Waals surface area (Å²) in [6.07, 6.45) is 1.56. The molecule has 3 atom stereocenters. The monoisotopic (exact) mass is 427 g/mol. The molecule has 168 valence electrons. The van der Waals surface area contributed by atoms with Crippen LogP contribution < -0.4 is 10.6 Å². The Hall–Kier alpha value is -2.64. The lowest BCUT2D eigenvalue weighted by Gasteiger charge is -2.29. The number of hydrogen-bond donors (Lipinski definition) is 5. The molecule has 2 amide bonds. The third-order valence-corrected chi connectivity index (χ3v) is 6.16. The van der Waals surface area contributed by atoms with Crippen LogP contribution in [-0.2, 0) is 27.8 Å². The molecule has 7 nitrogen and oxygen atoms in total. The molecule has 3 rings (SSSR count). The number of carbonyl (C=O) groups excluding carboxylic acids is 2. The van der Waals surface area contributed by atoms with Gasteiger partial charge in [-0.3, -0.25) is 9.59 Å². The first kappa shape index (κ1) is 23.0. The highest BCUT2D eigenvalue weighted by atomic mass is 16.3. The van der Waals surface area contributed by atoms with Crippen molar-refractivity contribution in [1.82, 2.24) is 15.6 Å². The number of nitrogens with one attached hydrogen (secondary N) is 3. The van der Waals surface area contributed by atoms with Crippen molar-refractivity contribution in [2.75, 3.05) is 0 Å². The molecule has 0 spiro atoms. The van der Waals surface area contributed by atoms with Gasteiger partial charge in [0.25, 0.3) is 0 Å². The number of aromatic amines is 1. The van der Waals surface area contributed by atoms with Crippen LogP contribution in [0.25, 0.3) is 10.9 Å². The van der Waals surface area contributed by atoms with Crippen molar-refractivity contribution in [3.63, 3.8) is 0 Å². The zero-order chi connectivity index (χ0) is 23.1. The van der Waals surface area contributed by atoms with Crippen molar-refractivity contribution in [2.24, 2.45) is 0 Å². The van der Waals surface area contributed by atoms with E-state index in [1.807, 2.05) is 38.1 Å². The molecule has 1 aliphatic rings. The van der Waals surface area contributed by atoms with Crippen LogP contribution in [0.5, 0.6) is 0 Å². The number of H-pyrrole nitrogens is 1. The van der Waals surface area contributed by atoms with Crippen molar-refractivity contribution in [3.05, 3.63) is 47.7 Å². The second-order valence-electron chi connectivity index (χ2n) is 9.65. The third-order valence-electron chi connectivity index (χ3n) is 6.16. The van der Waals surface area contributed by atoms with Crippen molar-refractivity contribution in [3.8, 4) is 0 Å². The Labute approximate surface area is 182 Å². The molecule has 1 saturated heterocycles. The van der Waals surface area contributed by atoms with Crippen LogP contribution in [-0.4, -0.2) is 50.8 Å². The van der Waals surface area contributed by atoms with E-state index in [0.29, 0.717) is 12.8 Å². The number of aromatic nitrogens is 1. The van der Waals surface area contributed by atoms with Gasteiger partial charge >= 0.3 is 0 Å². The summed E-state index contributed by atoms with van der Waals surface area (Å²) in [7, 11) is 0. The van der Waals surface area contributed by atoms with Gasteiger partial charge in [-0.05, 0) is 44.0 Å². The zero-order valence-corrected chi connectivity index (χ0v) is 18.9. The first-order valence-electron chi connectivity index (χ1n) is 10.6. The molecule has 0 radical (unpaired) electrons. The van der Waals surface area contributed by atoms with Crippen molar-refractivity contribution < 1.29 is 19.8 Å². The highest BCUT2D eigenvalue weighted by molar-refractivity contribution is 5.97. The van der Waals surface area contributed by atoms with Gasteiger partial charge < -0.3 is 25.8 Å². The van der Waals surface area contributed by atoms with Crippen LogP contribution in [0.15, 0.2) is 30.9 Å². The second-order valence-corrected chi connectivity index (χ2v) is 9.65. The van der Waals surface area contributed by atoms with Crippen LogP contribution in [0.1, 0.15) is 51.4 Å². The summed E-state index contributed by atoms with van der Waals surface area (Å²) in [5.74, 6) is -0.416. The number of aliphatic hydroxyl groups is 2. The van der Waals surface area contributed by atoms with E-state index in [0.717, 1.165) is 27.7 Å². The maximum absolute atomic E-state index is 12.5. The van der Waals surface area contributed by atoms with E-state index in [1.54, 1.807) is 20.8 Å². The molecule has 7 heteroatoms. The molecule has 0 aliphatic carbocycles. The highest BCUT2D eigenvalue weighted by Crippen LogP contribution is 2.34. The Bertz CT molecular complexity index is 1020. The summed E-state index contributed by atoms with van der Waals surface area (Å²) >= 11 is 0. The maximum atomic E-state index is 12.5. The molecule has 1 aromatic heterocycles. The Morgan fingerprint density at radius 3 is 2.45 bits per heavy atom. The first-order valence-corrected chi connectivity index (χ1v) is 10.6. The molecular weight excluding hydrogens is 394 g/mol. The van der Waals surface area contributed by atoms with E-state index in [1.165, 1.54) is 0 Å². The lowest BCUT2D eigenvalue weighted by atomic mass is 9.84. The van der Waals surface area contributed by atoms with Crippen molar-refractivity contribution >= 4 is 22.7 Å². The van der Waals surface area contributed by atoms with Gasteiger partial charge in [-0.25, -0.2) is 0 Å². The van der Waals surface area contributed by atoms with Gasteiger partial charge in [0.2, 0.25) is 11.8 Å². The SMILES string of the molecule is C=CC(C)(C)c1[nH]c2ccc(C[C@H](O)C(C)(C)O)cc2c1CC1NC(=O)C(C)NC1=O.